The molecule has 0 aliphatic rings. The van der Waals surface area contributed by atoms with Gasteiger partial charge in [0.15, 0.2) is 0 Å². The molecule has 0 aromatic heterocycles. The lowest BCUT2D eigenvalue weighted by atomic mass is 10.2. The zero-order chi connectivity index (χ0) is 14.7. The predicted molar refractivity (Wildman–Crippen MR) is 71.7 cm³/mol. The van der Waals surface area contributed by atoms with Gasteiger partial charge in [-0.05, 0) is 25.0 Å². The topological polar surface area (TPSA) is 130 Å². The summed E-state index contributed by atoms with van der Waals surface area (Å²) in [5, 5.41) is 19.3. The fourth-order valence-electron chi connectivity index (χ4n) is 1.15. The molecule has 0 fully saturated rings. The van der Waals surface area contributed by atoms with E-state index >= 15 is 0 Å². The van der Waals surface area contributed by atoms with Crippen molar-refractivity contribution < 1.29 is 24.6 Å². The average molecular weight is 290 g/mol. The maximum absolute atomic E-state index is 10.6. The highest BCUT2D eigenvalue weighted by atomic mass is 32.2. The van der Waals surface area contributed by atoms with Gasteiger partial charge in [-0.1, -0.05) is 6.08 Å². The Bertz CT molecular complexity index is 346. The standard InChI is InChI=1S/C11H18N2O5S/c12-8(10(15)16)6-19-5-3-1-2-4-9(11(17)18)13-7-14/h4,7-8H,1-3,5-6,12H2,(H,13,14)(H,15,16)(H,17,18)/b9-4-/t8-/m0/s1. The lowest BCUT2D eigenvalue weighted by Gasteiger charge is -2.05. The highest BCUT2D eigenvalue weighted by Crippen LogP contribution is 2.08. The molecule has 19 heavy (non-hydrogen) atoms. The number of nitrogens with two attached hydrogens (primary N) is 1. The Labute approximate surface area is 115 Å². The number of carbonyl (C=O) groups excluding carboxylic acids is 1. The number of amides is 1. The molecule has 0 spiro atoms. The molecule has 0 rings (SSSR count). The van der Waals surface area contributed by atoms with Gasteiger partial charge in [-0.2, -0.15) is 11.8 Å². The van der Waals surface area contributed by atoms with Gasteiger partial charge in [0, 0.05) is 5.75 Å². The second-order valence-electron chi connectivity index (χ2n) is 3.70. The van der Waals surface area contributed by atoms with Gasteiger partial charge in [-0.15, -0.1) is 0 Å². The monoisotopic (exact) mass is 290 g/mol. The van der Waals surface area contributed by atoms with Crippen LogP contribution in [-0.4, -0.2) is 46.1 Å². The molecule has 5 N–H and O–H groups in total. The molecule has 1 amide bonds. The van der Waals surface area contributed by atoms with E-state index in [-0.39, 0.29) is 5.70 Å². The predicted octanol–water partition coefficient (Wildman–Crippen LogP) is 0.0163. The molecular formula is C11H18N2O5S. The van der Waals surface area contributed by atoms with Crippen molar-refractivity contribution in [1.29, 1.82) is 0 Å². The van der Waals surface area contributed by atoms with E-state index in [0.717, 1.165) is 18.6 Å². The van der Waals surface area contributed by atoms with Crippen molar-refractivity contribution in [3.05, 3.63) is 11.8 Å². The van der Waals surface area contributed by atoms with Gasteiger partial charge in [-0.25, -0.2) is 4.79 Å². The maximum Gasteiger partial charge on any atom is 0.352 e. The number of unbranched alkanes of at least 4 members (excludes halogenated alkanes) is 2. The third-order valence-corrected chi connectivity index (χ3v) is 3.32. The van der Waals surface area contributed by atoms with Crippen LogP contribution < -0.4 is 11.1 Å². The molecule has 0 aromatic carbocycles. The van der Waals surface area contributed by atoms with E-state index in [2.05, 4.69) is 5.32 Å². The van der Waals surface area contributed by atoms with Crippen molar-refractivity contribution in [3.63, 3.8) is 0 Å². The summed E-state index contributed by atoms with van der Waals surface area (Å²) in [6.45, 7) is 0. The molecule has 0 aliphatic heterocycles. The van der Waals surface area contributed by atoms with Crippen LogP contribution in [0.25, 0.3) is 0 Å². The van der Waals surface area contributed by atoms with Gasteiger partial charge in [-0.3, -0.25) is 9.59 Å². The smallest absolute Gasteiger partial charge is 0.352 e. The zero-order valence-corrected chi connectivity index (χ0v) is 11.2. The first kappa shape index (κ1) is 17.5. The van der Waals surface area contributed by atoms with Crippen LogP contribution in [-0.2, 0) is 14.4 Å². The van der Waals surface area contributed by atoms with Gasteiger partial charge in [0.25, 0.3) is 0 Å². The highest BCUT2D eigenvalue weighted by Gasteiger charge is 2.10. The Morgan fingerprint density at radius 2 is 2.00 bits per heavy atom. The molecule has 0 bridgehead atoms. The molecule has 0 radical (unpaired) electrons. The van der Waals surface area contributed by atoms with E-state index in [1.54, 1.807) is 0 Å². The molecule has 108 valence electrons. The number of nitrogens with one attached hydrogen (secondary N) is 1. The van der Waals surface area contributed by atoms with Crippen LogP contribution in [0.15, 0.2) is 11.8 Å². The van der Waals surface area contributed by atoms with Crippen molar-refractivity contribution in [2.45, 2.75) is 25.3 Å². The quantitative estimate of drug-likeness (QED) is 0.240. The number of carbonyl (C=O) groups is 3. The van der Waals surface area contributed by atoms with Crippen LogP contribution in [0.1, 0.15) is 19.3 Å². The number of hydrogen-bond acceptors (Lipinski definition) is 5. The number of hydrogen-bond donors (Lipinski definition) is 4. The van der Waals surface area contributed by atoms with Gasteiger partial charge in [0.2, 0.25) is 6.41 Å². The summed E-state index contributed by atoms with van der Waals surface area (Å²) in [4.78, 5) is 31.2. The summed E-state index contributed by atoms with van der Waals surface area (Å²) in [5.41, 5.74) is 5.20. The van der Waals surface area contributed by atoms with Crippen LogP contribution in [0.4, 0.5) is 0 Å². The minimum Gasteiger partial charge on any atom is -0.480 e. The van der Waals surface area contributed by atoms with Gasteiger partial charge < -0.3 is 21.3 Å². The third kappa shape index (κ3) is 9.09. The van der Waals surface area contributed by atoms with Crippen LogP contribution in [0.5, 0.6) is 0 Å². The number of allylic oxidation sites excluding steroid dienone is 1. The summed E-state index contributed by atoms with van der Waals surface area (Å²) < 4.78 is 0. The Hall–Kier alpha value is -1.54. The van der Waals surface area contributed by atoms with E-state index in [0.29, 0.717) is 18.6 Å². The van der Waals surface area contributed by atoms with Crippen LogP contribution >= 0.6 is 11.8 Å². The first-order valence-electron chi connectivity index (χ1n) is 5.68. The van der Waals surface area contributed by atoms with Crippen molar-refractivity contribution in [2.75, 3.05) is 11.5 Å². The second kappa shape index (κ2) is 10.4. The molecule has 0 saturated heterocycles. The van der Waals surface area contributed by atoms with Crippen LogP contribution in [0.2, 0.25) is 0 Å². The number of thioether (sulfide) groups is 1. The Kier molecular flexibility index (Phi) is 9.55. The van der Waals surface area contributed by atoms with Crippen molar-refractivity contribution >= 4 is 30.1 Å². The van der Waals surface area contributed by atoms with Crippen molar-refractivity contribution in [3.8, 4) is 0 Å². The Morgan fingerprint density at radius 1 is 1.32 bits per heavy atom. The minimum atomic E-state index is -1.17. The zero-order valence-electron chi connectivity index (χ0n) is 10.4. The molecule has 0 aromatic rings. The maximum atomic E-state index is 10.6. The van der Waals surface area contributed by atoms with Crippen molar-refractivity contribution in [1.82, 2.24) is 5.32 Å². The number of carboxylic acid groups (broad SMARTS) is 2. The second-order valence-corrected chi connectivity index (χ2v) is 4.85. The number of rotatable bonds is 11. The highest BCUT2D eigenvalue weighted by molar-refractivity contribution is 7.99. The first-order valence-corrected chi connectivity index (χ1v) is 6.84. The fourth-order valence-corrected chi connectivity index (χ4v) is 2.12. The van der Waals surface area contributed by atoms with Crippen LogP contribution in [0.3, 0.4) is 0 Å². The molecule has 8 heteroatoms. The summed E-state index contributed by atoms with van der Waals surface area (Å²) in [5.74, 6) is -1.06. The van der Waals surface area contributed by atoms with E-state index in [9.17, 15) is 14.4 Å². The molecule has 0 saturated carbocycles. The summed E-state index contributed by atoms with van der Waals surface area (Å²) >= 11 is 1.45. The summed E-state index contributed by atoms with van der Waals surface area (Å²) in [6.07, 6.45) is 3.88. The van der Waals surface area contributed by atoms with Gasteiger partial charge >= 0.3 is 11.9 Å². The molecule has 0 unspecified atom stereocenters. The van der Waals surface area contributed by atoms with E-state index in [4.69, 9.17) is 15.9 Å². The minimum absolute atomic E-state index is 0.129. The summed E-state index contributed by atoms with van der Waals surface area (Å²) in [7, 11) is 0. The van der Waals surface area contributed by atoms with E-state index < -0.39 is 18.0 Å². The molecule has 1 atom stereocenters. The average Bonchev–Trinajstić information content (AvgIpc) is 2.35. The number of carboxylic acids is 2. The van der Waals surface area contributed by atoms with Gasteiger partial charge in [0.05, 0.1) is 0 Å². The van der Waals surface area contributed by atoms with E-state index in [1.807, 2.05) is 0 Å². The van der Waals surface area contributed by atoms with Crippen LogP contribution in [0, 0.1) is 0 Å². The number of aliphatic carboxylic acids is 2. The Morgan fingerprint density at radius 3 is 2.53 bits per heavy atom. The lowest BCUT2D eigenvalue weighted by molar-refractivity contribution is -0.138. The first-order chi connectivity index (χ1) is 8.99. The normalized spacial score (nSPS) is 12.8. The molecule has 0 heterocycles. The fraction of sp³-hybridized carbons (Fsp3) is 0.545. The van der Waals surface area contributed by atoms with Crippen molar-refractivity contribution in [2.24, 2.45) is 5.73 Å². The molecular weight excluding hydrogens is 272 g/mol. The van der Waals surface area contributed by atoms with E-state index in [1.165, 1.54) is 17.8 Å². The summed E-state index contributed by atoms with van der Waals surface area (Å²) in [6, 6.07) is -0.847. The Balaban J connectivity index is 3.69. The largest absolute Gasteiger partial charge is 0.480 e. The molecule has 7 nitrogen and oxygen atoms in total. The third-order valence-electron chi connectivity index (χ3n) is 2.15. The lowest BCUT2D eigenvalue weighted by Crippen LogP contribution is -2.32. The molecule has 0 aliphatic carbocycles. The SMILES string of the molecule is N[C@@H](CSCCCC/C=C(\NC=O)C(=O)O)C(=O)O. The van der Waals surface area contributed by atoms with Gasteiger partial charge in [0.1, 0.15) is 11.7 Å².